The molecule has 0 aliphatic heterocycles. The zero-order chi connectivity index (χ0) is 56.4. The minimum Gasteiger partial charge on any atom is -0.462 e. The molecule has 0 amide bonds. The number of allylic oxidation sites excluding steroid dienone is 26. The quantitative estimate of drug-likeness (QED) is 0.0261. The SMILES string of the molecule is CC/C=C\C/C=C\C/C=C\C/C=C\C/C=C\C/C=C\C/C=C\CCCCCC(=O)OCC(COC(=O)CCCCCCCCCCCC)OC(=O)CCCCCCCC/C=C\C/C=C\C/C=C\C/C=C\C/C=C\C/C=C\CC. The van der Waals surface area contributed by atoms with Crippen molar-refractivity contribution in [1.82, 2.24) is 0 Å². The molecule has 0 rings (SSSR count). The average Bonchev–Trinajstić information content (AvgIpc) is 3.44. The second kappa shape index (κ2) is 64.6. The maximum atomic E-state index is 12.9. The number of rotatable bonds is 55. The Kier molecular flexibility index (Phi) is 60.4. The third-order valence-corrected chi connectivity index (χ3v) is 12.8. The number of esters is 3. The van der Waals surface area contributed by atoms with Crippen LogP contribution in [0.5, 0.6) is 0 Å². The monoisotopic (exact) mass is 1070 g/mol. The van der Waals surface area contributed by atoms with Gasteiger partial charge in [0.05, 0.1) is 0 Å². The molecule has 0 aromatic heterocycles. The first kappa shape index (κ1) is 73.0. The van der Waals surface area contributed by atoms with Crippen LogP contribution < -0.4 is 0 Å². The zero-order valence-corrected chi connectivity index (χ0v) is 50.1. The van der Waals surface area contributed by atoms with Gasteiger partial charge in [-0.1, -0.05) is 269 Å². The summed E-state index contributed by atoms with van der Waals surface area (Å²) in [6.45, 7) is 6.35. The fourth-order valence-electron chi connectivity index (χ4n) is 8.13. The molecule has 0 spiro atoms. The summed E-state index contributed by atoms with van der Waals surface area (Å²) in [5.41, 5.74) is 0. The van der Waals surface area contributed by atoms with E-state index in [1.807, 2.05) is 0 Å². The van der Waals surface area contributed by atoms with Crippen molar-refractivity contribution in [1.29, 1.82) is 0 Å². The van der Waals surface area contributed by atoms with Crippen LogP contribution >= 0.6 is 0 Å². The molecule has 0 N–H and O–H groups in total. The Morgan fingerprint density at radius 3 is 0.795 bits per heavy atom. The normalized spacial score (nSPS) is 13.2. The molecule has 0 bridgehead atoms. The van der Waals surface area contributed by atoms with Crippen molar-refractivity contribution in [2.75, 3.05) is 13.2 Å². The lowest BCUT2D eigenvalue weighted by molar-refractivity contribution is -0.167. The van der Waals surface area contributed by atoms with Crippen LogP contribution in [-0.4, -0.2) is 37.2 Å². The molecule has 0 aromatic rings. The number of hydrogen-bond acceptors (Lipinski definition) is 6. The van der Waals surface area contributed by atoms with Crippen molar-refractivity contribution in [3.8, 4) is 0 Å². The number of carbonyl (C=O) groups excluding carboxylic acids is 3. The van der Waals surface area contributed by atoms with Gasteiger partial charge in [-0.3, -0.25) is 14.4 Å². The van der Waals surface area contributed by atoms with Crippen molar-refractivity contribution in [3.05, 3.63) is 158 Å². The highest BCUT2D eigenvalue weighted by Gasteiger charge is 2.19. The second-order valence-electron chi connectivity index (χ2n) is 20.2. The summed E-state index contributed by atoms with van der Waals surface area (Å²) in [4.78, 5) is 38.2. The van der Waals surface area contributed by atoms with Crippen LogP contribution in [0.2, 0.25) is 0 Å². The zero-order valence-electron chi connectivity index (χ0n) is 50.1. The Morgan fingerprint density at radius 2 is 0.500 bits per heavy atom. The lowest BCUT2D eigenvalue weighted by Crippen LogP contribution is -2.30. The summed E-state index contributed by atoms with van der Waals surface area (Å²) in [5, 5.41) is 0. The van der Waals surface area contributed by atoms with Crippen molar-refractivity contribution in [2.45, 2.75) is 264 Å². The molecule has 0 aromatic carbocycles. The van der Waals surface area contributed by atoms with E-state index in [2.05, 4.69) is 179 Å². The van der Waals surface area contributed by atoms with Gasteiger partial charge in [-0.15, -0.1) is 0 Å². The van der Waals surface area contributed by atoms with Crippen LogP contribution in [0.25, 0.3) is 0 Å². The van der Waals surface area contributed by atoms with Crippen molar-refractivity contribution in [2.24, 2.45) is 0 Å². The van der Waals surface area contributed by atoms with Gasteiger partial charge in [0.2, 0.25) is 0 Å². The second-order valence-corrected chi connectivity index (χ2v) is 20.2. The van der Waals surface area contributed by atoms with E-state index in [0.717, 1.165) is 161 Å². The van der Waals surface area contributed by atoms with Gasteiger partial charge >= 0.3 is 17.9 Å². The van der Waals surface area contributed by atoms with Crippen LogP contribution in [0.1, 0.15) is 258 Å². The van der Waals surface area contributed by atoms with Crippen LogP contribution in [0.15, 0.2) is 158 Å². The van der Waals surface area contributed by atoms with Crippen LogP contribution in [0.4, 0.5) is 0 Å². The highest BCUT2D eigenvalue weighted by molar-refractivity contribution is 5.71. The van der Waals surface area contributed by atoms with E-state index >= 15 is 0 Å². The molecular weight excluding hydrogens is 961 g/mol. The van der Waals surface area contributed by atoms with E-state index in [0.29, 0.717) is 19.3 Å². The lowest BCUT2D eigenvalue weighted by Gasteiger charge is -2.18. The highest BCUT2D eigenvalue weighted by atomic mass is 16.6. The number of carbonyl (C=O) groups is 3. The maximum Gasteiger partial charge on any atom is 0.306 e. The molecule has 0 heterocycles. The third-order valence-electron chi connectivity index (χ3n) is 12.8. The summed E-state index contributed by atoms with van der Waals surface area (Å²) < 4.78 is 16.8. The van der Waals surface area contributed by atoms with Gasteiger partial charge in [0.15, 0.2) is 6.10 Å². The van der Waals surface area contributed by atoms with Gasteiger partial charge in [0.1, 0.15) is 13.2 Å². The Morgan fingerprint density at radius 1 is 0.269 bits per heavy atom. The van der Waals surface area contributed by atoms with Gasteiger partial charge in [-0.05, 0) is 128 Å². The van der Waals surface area contributed by atoms with Gasteiger partial charge in [0, 0.05) is 19.3 Å². The smallest absolute Gasteiger partial charge is 0.306 e. The van der Waals surface area contributed by atoms with E-state index in [9.17, 15) is 14.4 Å². The molecular formula is C72H114O6. The Balaban J connectivity index is 4.41. The predicted molar refractivity (Wildman–Crippen MR) is 338 cm³/mol. The Hall–Kier alpha value is -4.97. The number of unbranched alkanes of at least 4 members (excludes halogenated alkanes) is 18. The average molecular weight is 1080 g/mol. The minimum absolute atomic E-state index is 0.0999. The summed E-state index contributed by atoms with van der Waals surface area (Å²) in [5.74, 6) is -0.954. The molecule has 6 heteroatoms. The molecule has 0 fully saturated rings. The molecule has 78 heavy (non-hydrogen) atoms. The third kappa shape index (κ3) is 61.9. The van der Waals surface area contributed by atoms with E-state index in [1.54, 1.807) is 0 Å². The molecule has 0 radical (unpaired) electrons. The van der Waals surface area contributed by atoms with Gasteiger partial charge < -0.3 is 14.2 Å². The summed E-state index contributed by atoms with van der Waals surface area (Å²) >= 11 is 0. The van der Waals surface area contributed by atoms with Crippen molar-refractivity contribution < 1.29 is 28.6 Å². The minimum atomic E-state index is -0.807. The van der Waals surface area contributed by atoms with Gasteiger partial charge in [0.25, 0.3) is 0 Å². The van der Waals surface area contributed by atoms with Gasteiger partial charge in [-0.2, -0.15) is 0 Å². The Bertz CT molecular complexity index is 1760. The van der Waals surface area contributed by atoms with Crippen LogP contribution in [0, 0.1) is 0 Å². The summed E-state index contributed by atoms with van der Waals surface area (Å²) in [6.07, 6.45) is 93.9. The molecule has 0 aliphatic carbocycles. The predicted octanol–water partition coefficient (Wildman–Crippen LogP) is 21.7. The standard InChI is InChI=1S/C72H114O6/c1-4-7-10-13-16-19-22-24-26-28-30-32-34-36-38-40-42-44-46-48-50-53-56-59-62-65-71(74)77-68-69(67-76-70(73)64-61-58-55-52-21-18-15-12-9-6-3)78-72(75)66-63-60-57-54-51-49-47-45-43-41-39-37-35-33-31-29-27-25-23-20-17-14-11-8-5-2/h7-8,10-11,16-17,19-20,24-27,30-33,36-39,42-45,48,50,69H,4-6,9,12-15,18,21-23,28-29,34-35,40-41,46-47,49,51-68H2,1-3H3/b10-7-,11-8-,19-16-,20-17-,26-24-,27-25-,32-30-,33-31-,38-36-,39-37-,44-42-,45-43-,50-48-. The number of hydrogen-bond donors (Lipinski definition) is 0. The number of ether oxygens (including phenoxy) is 3. The van der Waals surface area contributed by atoms with Crippen LogP contribution in [-0.2, 0) is 28.6 Å². The topological polar surface area (TPSA) is 78.9 Å². The van der Waals surface area contributed by atoms with E-state index in [1.165, 1.54) is 57.8 Å². The van der Waals surface area contributed by atoms with Crippen molar-refractivity contribution in [3.63, 3.8) is 0 Å². The first-order valence-corrected chi connectivity index (χ1v) is 31.5. The first-order chi connectivity index (χ1) is 38.5. The lowest BCUT2D eigenvalue weighted by atomic mass is 10.1. The fraction of sp³-hybridized carbons (Fsp3) is 0.597. The molecule has 6 nitrogen and oxygen atoms in total. The van der Waals surface area contributed by atoms with E-state index in [4.69, 9.17) is 14.2 Å². The summed E-state index contributed by atoms with van der Waals surface area (Å²) in [7, 11) is 0. The summed E-state index contributed by atoms with van der Waals surface area (Å²) in [6, 6.07) is 0. The van der Waals surface area contributed by atoms with E-state index in [-0.39, 0.29) is 31.1 Å². The van der Waals surface area contributed by atoms with Crippen LogP contribution in [0.3, 0.4) is 0 Å². The molecule has 0 saturated heterocycles. The fourth-order valence-corrected chi connectivity index (χ4v) is 8.13. The van der Waals surface area contributed by atoms with E-state index < -0.39 is 6.10 Å². The first-order valence-electron chi connectivity index (χ1n) is 31.5. The van der Waals surface area contributed by atoms with Gasteiger partial charge in [-0.25, -0.2) is 0 Å². The molecule has 1 atom stereocenters. The highest BCUT2D eigenvalue weighted by Crippen LogP contribution is 2.14. The molecule has 438 valence electrons. The van der Waals surface area contributed by atoms with Crippen molar-refractivity contribution >= 4 is 17.9 Å². The molecule has 1 unspecified atom stereocenters. The largest absolute Gasteiger partial charge is 0.462 e. The molecule has 0 saturated carbocycles. The molecule has 0 aliphatic rings. The Labute approximate surface area is 480 Å². The maximum absolute atomic E-state index is 12.9.